The standard InChI is InChI=1S/C28H31N3OSSi/c1-34(2,24-7-4-3-5-8-24)18-16-30-20-21-10-12-22(13-11-21)28(32)31-26-19-23(14-15-25(26)29)27-9-6-17-33-27/h3-15,17,19,30H,16,18,20,29H2,1-2H3,(H,31,32). The molecule has 0 atom stereocenters. The van der Waals surface area contributed by atoms with Gasteiger partial charge in [0.05, 0.1) is 19.4 Å². The van der Waals surface area contributed by atoms with Gasteiger partial charge in [-0.1, -0.05) is 72.9 Å². The zero-order valence-corrected chi connectivity index (χ0v) is 21.5. The van der Waals surface area contributed by atoms with E-state index in [0.29, 0.717) is 16.9 Å². The first kappa shape index (κ1) is 23.9. The van der Waals surface area contributed by atoms with Crippen molar-refractivity contribution in [1.82, 2.24) is 5.32 Å². The second-order valence-corrected chi connectivity index (χ2v) is 14.9. The van der Waals surface area contributed by atoms with Crippen LogP contribution in [0.4, 0.5) is 11.4 Å². The minimum absolute atomic E-state index is 0.162. The summed E-state index contributed by atoms with van der Waals surface area (Å²) in [6, 6.07) is 29.6. The van der Waals surface area contributed by atoms with Crippen molar-refractivity contribution in [2.75, 3.05) is 17.6 Å². The van der Waals surface area contributed by atoms with Crippen LogP contribution in [0.1, 0.15) is 15.9 Å². The molecule has 0 aliphatic rings. The van der Waals surface area contributed by atoms with Crippen molar-refractivity contribution in [3.05, 3.63) is 101 Å². The number of carbonyl (C=O) groups is 1. The van der Waals surface area contributed by atoms with Gasteiger partial charge in [-0.05, 0) is 59.4 Å². The first-order valence-electron chi connectivity index (χ1n) is 11.5. The van der Waals surface area contributed by atoms with Crippen LogP contribution in [0.15, 0.2) is 90.3 Å². The largest absolute Gasteiger partial charge is 0.397 e. The van der Waals surface area contributed by atoms with Crippen LogP contribution < -0.4 is 21.6 Å². The monoisotopic (exact) mass is 485 g/mol. The fourth-order valence-electron chi connectivity index (χ4n) is 3.90. The summed E-state index contributed by atoms with van der Waals surface area (Å²) in [6.07, 6.45) is 0. The second kappa shape index (κ2) is 10.8. The Labute approximate surface area is 206 Å². The highest BCUT2D eigenvalue weighted by Gasteiger charge is 2.22. The molecule has 0 saturated heterocycles. The van der Waals surface area contributed by atoms with E-state index >= 15 is 0 Å². The lowest BCUT2D eigenvalue weighted by molar-refractivity contribution is 0.102. The number of benzene rings is 3. The molecule has 1 heterocycles. The molecule has 1 aromatic heterocycles. The minimum atomic E-state index is -1.43. The lowest BCUT2D eigenvalue weighted by Crippen LogP contribution is -2.43. The number of nitrogens with one attached hydrogen (secondary N) is 2. The summed E-state index contributed by atoms with van der Waals surface area (Å²) in [5.74, 6) is -0.162. The highest BCUT2D eigenvalue weighted by atomic mass is 32.1. The summed E-state index contributed by atoms with van der Waals surface area (Å²) in [7, 11) is -1.43. The number of anilines is 2. The van der Waals surface area contributed by atoms with Gasteiger partial charge in [0, 0.05) is 17.0 Å². The average Bonchev–Trinajstić information content (AvgIpc) is 3.39. The normalized spacial score (nSPS) is 11.4. The Bertz CT molecular complexity index is 1220. The van der Waals surface area contributed by atoms with Crippen LogP contribution in [0.5, 0.6) is 0 Å². The van der Waals surface area contributed by atoms with Crippen LogP contribution in [0.3, 0.4) is 0 Å². The molecule has 4 nitrogen and oxygen atoms in total. The predicted octanol–water partition coefficient (Wildman–Crippen LogP) is 5.95. The van der Waals surface area contributed by atoms with E-state index < -0.39 is 8.07 Å². The third-order valence-corrected chi connectivity index (χ3v) is 10.4. The highest BCUT2D eigenvalue weighted by Crippen LogP contribution is 2.30. The Kier molecular flexibility index (Phi) is 7.62. The summed E-state index contributed by atoms with van der Waals surface area (Å²) in [4.78, 5) is 13.9. The van der Waals surface area contributed by atoms with Crippen LogP contribution in [-0.2, 0) is 6.54 Å². The summed E-state index contributed by atoms with van der Waals surface area (Å²) in [5, 5.41) is 10.1. The number of thiophene rings is 1. The third kappa shape index (κ3) is 6.02. The van der Waals surface area contributed by atoms with Crippen molar-refractivity contribution in [2.24, 2.45) is 0 Å². The first-order valence-corrected chi connectivity index (χ1v) is 15.6. The molecule has 4 rings (SSSR count). The smallest absolute Gasteiger partial charge is 0.255 e. The topological polar surface area (TPSA) is 67.2 Å². The number of hydrogen-bond donors (Lipinski definition) is 3. The van der Waals surface area contributed by atoms with Crippen molar-refractivity contribution in [1.29, 1.82) is 0 Å². The van der Waals surface area contributed by atoms with Gasteiger partial charge in [-0.2, -0.15) is 0 Å². The molecule has 4 N–H and O–H groups in total. The molecule has 0 radical (unpaired) electrons. The Morgan fingerprint density at radius 1 is 0.941 bits per heavy atom. The van der Waals surface area contributed by atoms with Gasteiger partial charge in [-0.25, -0.2) is 0 Å². The van der Waals surface area contributed by atoms with Crippen molar-refractivity contribution in [2.45, 2.75) is 25.7 Å². The van der Waals surface area contributed by atoms with Crippen molar-refractivity contribution in [3.63, 3.8) is 0 Å². The number of rotatable bonds is 9. The van der Waals surface area contributed by atoms with Gasteiger partial charge < -0.3 is 16.4 Å². The summed E-state index contributed by atoms with van der Waals surface area (Å²) in [5.41, 5.74) is 10.1. The molecule has 6 heteroatoms. The molecule has 0 unspecified atom stereocenters. The van der Waals surface area contributed by atoms with Gasteiger partial charge in [-0.15, -0.1) is 11.3 Å². The van der Waals surface area contributed by atoms with Crippen LogP contribution >= 0.6 is 11.3 Å². The van der Waals surface area contributed by atoms with Gasteiger partial charge in [-0.3, -0.25) is 4.79 Å². The quantitative estimate of drug-likeness (QED) is 0.156. The highest BCUT2D eigenvalue weighted by molar-refractivity contribution is 7.13. The Hall–Kier alpha value is -3.19. The molecule has 0 aliphatic carbocycles. The molecule has 0 spiro atoms. The van der Waals surface area contributed by atoms with E-state index in [1.807, 2.05) is 53.9 Å². The van der Waals surface area contributed by atoms with E-state index in [9.17, 15) is 4.79 Å². The van der Waals surface area contributed by atoms with Gasteiger partial charge in [0.1, 0.15) is 0 Å². The SMILES string of the molecule is C[Si](C)(CCNCc1ccc(C(=O)Nc2cc(-c3cccs3)ccc2N)cc1)c1ccccc1. The maximum absolute atomic E-state index is 12.8. The van der Waals surface area contributed by atoms with Gasteiger partial charge >= 0.3 is 0 Å². The van der Waals surface area contributed by atoms with Gasteiger partial charge in [0.25, 0.3) is 5.91 Å². The number of hydrogen-bond acceptors (Lipinski definition) is 4. The Balaban J connectivity index is 1.30. The molecule has 1 amide bonds. The third-order valence-electron chi connectivity index (χ3n) is 6.13. The van der Waals surface area contributed by atoms with E-state index in [4.69, 9.17) is 5.73 Å². The number of nitrogens with two attached hydrogens (primary N) is 1. The summed E-state index contributed by atoms with van der Waals surface area (Å²) < 4.78 is 0. The zero-order chi connectivity index (χ0) is 24.0. The average molecular weight is 486 g/mol. The molecule has 174 valence electrons. The number of amides is 1. The Morgan fingerprint density at radius 2 is 1.71 bits per heavy atom. The number of nitrogen functional groups attached to an aromatic ring is 1. The molecular formula is C28H31N3OSSi. The molecule has 0 aliphatic heterocycles. The van der Waals surface area contributed by atoms with Crippen molar-refractivity contribution < 1.29 is 4.79 Å². The lowest BCUT2D eigenvalue weighted by Gasteiger charge is -2.23. The molecular weight excluding hydrogens is 454 g/mol. The van der Waals surface area contributed by atoms with Crippen LogP contribution in [0, 0.1) is 0 Å². The Morgan fingerprint density at radius 3 is 2.41 bits per heavy atom. The first-order chi connectivity index (χ1) is 16.4. The summed E-state index contributed by atoms with van der Waals surface area (Å²) in [6.45, 7) is 6.60. The second-order valence-electron chi connectivity index (χ2n) is 9.11. The maximum atomic E-state index is 12.8. The molecule has 34 heavy (non-hydrogen) atoms. The maximum Gasteiger partial charge on any atom is 0.255 e. The van der Waals surface area contributed by atoms with E-state index in [1.165, 1.54) is 11.2 Å². The van der Waals surface area contributed by atoms with E-state index in [2.05, 4.69) is 60.1 Å². The summed E-state index contributed by atoms with van der Waals surface area (Å²) >= 11 is 1.66. The van der Waals surface area contributed by atoms with E-state index in [0.717, 1.165) is 29.1 Å². The fraction of sp³-hybridized carbons (Fsp3) is 0.179. The molecule has 0 saturated carbocycles. The van der Waals surface area contributed by atoms with Crippen LogP contribution in [0.25, 0.3) is 10.4 Å². The van der Waals surface area contributed by atoms with Crippen molar-refractivity contribution in [3.8, 4) is 10.4 Å². The fourth-order valence-corrected chi connectivity index (χ4v) is 6.81. The molecule has 3 aromatic carbocycles. The predicted molar refractivity (Wildman–Crippen MR) is 149 cm³/mol. The van der Waals surface area contributed by atoms with E-state index in [-0.39, 0.29) is 5.91 Å². The minimum Gasteiger partial charge on any atom is -0.397 e. The lowest BCUT2D eigenvalue weighted by atomic mass is 10.1. The van der Waals surface area contributed by atoms with Crippen molar-refractivity contribution >= 4 is 41.9 Å². The molecule has 4 aromatic rings. The van der Waals surface area contributed by atoms with Crippen LogP contribution in [0.2, 0.25) is 19.1 Å². The molecule has 0 fully saturated rings. The zero-order valence-electron chi connectivity index (χ0n) is 19.7. The molecule has 0 bridgehead atoms. The number of carbonyl (C=O) groups excluding carboxylic acids is 1. The van der Waals surface area contributed by atoms with Gasteiger partial charge in [0.2, 0.25) is 0 Å². The van der Waals surface area contributed by atoms with Crippen LogP contribution in [-0.4, -0.2) is 20.5 Å². The van der Waals surface area contributed by atoms with E-state index in [1.54, 1.807) is 11.3 Å². The van der Waals surface area contributed by atoms with Gasteiger partial charge in [0.15, 0.2) is 0 Å².